The first-order valence-corrected chi connectivity index (χ1v) is 17.5. The average molecular weight is 711 g/mol. The van der Waals surface area contributed by atoms with E-state index in [1.165, 1.54) is 0 Å². The van der Waals surface area contributed by atoms with Gasteiger partial charge in [-0.3, -0.25) is 30.0 Å². The van der Waals surface area contributed by atoms with Crippen LogP contribution in [0.2, 0.25) is 0 Å². The number of nitrogens with zero attached hydrogens (tertiary/aromatic N) is 2. The molecule has 0 aliphatic heterocycles. The Morgan fingerprint density at radius 3 is 1.37 bits per heavy atom. The number of hydrogen-bond donors (Lipinski definition) is 8. The molecule has 0 saturated heterocycles. The van der Waals surface area contributed by atoms with Crippen molar-refractivity contribution in [2.24, 2.45) is 23.3 Å². The topological polar surface area (TPSA) is 226 Å². The van der Waals surface area contributed by atoms with E-state index < -0.39 is 11.8 Å². The molecule has 14 nitrogen and oxygen atoms in total. The Balaban J connectivity index is 1.57. The van der Waals surface area contributed by atoms with Crippen molar-refractivity contribution in [2.45, 2.75) is 66.5 Å². The first-order chi connectivity index (χ1) is 24.7. The lowest BCUT2D eigenvalue weighted by Crippen LogP contribution is -2.29. The van der Waals surface area contributed by atoms with Crippen LogP contribution in [0.1, 0.15) is 95.1 Å². The van der Waals surface area contributed by atoms with Crippen LogP contribution in [-0.2, 0) is 13.1 Å². The predicted octanol–water partition coefficient (Wildman–Crippen LogP) is 5.15. The molecule has 10 N–H and O–H groups in total. The number of anilines is 2. The van der Waals surface area contributed by atoms with Crippen molar-refractivity contribution < 1.29 is 19.2 Å². The van der Waals surface area contributed by atoms with E-state index in [0.717, 1.165) is 12.8 Å². The van der Waals surface area contributed by atoms with Crippen molar-refractivity contribution in [2.75, 3.05) is 23.7 Å². The summed E-state index contributed by atoms with van der Waals surface area (Å²) >= 11 is 0. The molecule has 0 radical (unpaired) electrons. The summed E-state index contributed by atoms with van der Waals surface area (Å²) in [5.41, 5.74) is 13.2. The third kappa shape index (κ3) is 10.5. The summed E-state index contributed by atoms with van der Waals surface area (Å²) in [6, 6.07) is 13.6. The number of nitrogens with two attached hydrogens (primary N) is 2. The maximum Gasteiger partial charge on any atom is 0.267 e. The summed E-state index contributed by atoms with van der Waals surface area (Å²) in [5.74, 6) is -0.730. The molecule has 14 heteroatoms. The minimum atomic E-state index is -0.407. The normalized spacial score (nSPS) is 11.1. The first-order valence-electron chi connectivity index (χ1n) is 17.5. The van der Waals surface area contributed by atoms with Crippen LogP contribution in [0.5, 0.6) is 0 Å². The molecule has 52 heavy (non-hydrogen) atoms. The Morgan fingerprint density at radius 2 is 1.02 bits per heavy atom. The highest BCUT2D eigenvalue weighted by atomic mass is 16.2. The molecule has 2 aromatic carbocycles. The van der Waals surface area contributed by atoms with E-state index >= 15 is 0 Å². The quantitative estimate of drug-likeness (QED) is 0.0514. The van der Waals surface area contributed by atoms with Gasteiger partial charge in [0.15, 0.2) is 0 Å². The lowest BCUT2D eigenvalue weighted by atomic mass is 9.98. The number of fused-ring (bicyclic) bond motifs is 1. The van der Waals surface area contributed by atoms with Crippen LogP contribution in [0.25, 0.3) is 10.8 Å². The van der Waals surface area contributed by atoms with E-state index in [9.17, 15) is 19.2 Å². The molecule has 0 atom stereocenters. The van der Waals surface area contributed by atoms with Gasteiger partial charge < -0.3 is 41.9 Å². The number of rotatable bonds is 18. The minimum absolute atomic E-state index is 0.0211. The number of hydrogen-bond acceptors (Lipinski definition) is 6. The van der Waals surface area contributed by atoms with Gasteiger partial charge in [-0.05, 0) is 59.7 Å². The number of amidine groups is 2. The Morgan fingerprint density at radius 1 is 0.635 bits per heavy atom. The minimum Gasteiger partial charge on any atom is -0.388 e. The van der Waals surface area contributed by atoms with Crippen LogP contribution in [0.4, 0.5) is 11.4 Å². The number of carbonyl (C=O) groups is 4. The molecule has 0 unspecified atom stereocenters. The van der Waals surface area contributed by atoms with Crippen molar-refractivity contribution >= 4 is 57.4 Å². The van der Waals surface area contributed by atoms with Gasteiger partial charge in [0, 0.05) is 62.5 Å². The van der Waals surface area contributed by atoms with E-state index in [0.29, 0.717) is 69.6 Å². The molecule has 2 heterocycles. The number of nitrogens with one attached hydrogen (secondary N) is 6. The van der Waals surface area contributed by atoms with Crippen LogP contribution in [0, 0.1) is 22.7 Å². The fourth-order valence-electron chi connectivity index (χ4n) is 5.60. The lowest BCUT2D eigenvalue weighted by molar-refractivity contribution is 0.0937. The summed E-state index contributed by atoms with van der Waals surface area (Å²) in [5, 5.41) is 27.4. The van der Waals surface area contributed by atoms with Crippen molar-refractivity contribution in [3.05, 3.63) is 83.4 Å². The largest absolute Gasteiger partial charge is 0.388 e. The number of aromatic nitrogens is 2. The second-order valence-electron chi connectivity index (χ2n) is 13.7. The number of aryl methyl sites for hydroxylation is 2. The first kappa shape index (κ1) is 38.9. The summed E-state index contributed by atoms with van der Waals surface area (Å²) in [6.45, 7) is 9.95. The zero-order valence-corrected chi connectivity index (χ0v) is 30.3. The van der Waals surface area contributed by atoms with E-state index in [1.807, 2.05) is 9.13 Å². The number of carbonyl (C=O) groups excluding carboxylic acids is 4. The molecule has 276 valence electrons. The van der Waals surface area contributed by atoms with Crippen molar-refractivity contribution in [3.8, 4) is 0 Å². The maximum atomic E-state index is 13.7. The van der Waals surface area contributed by atoms with Crippen LogP contribution >= 0.6 is 0 Å². The molecule has 4 rings (SSSR count). The highest BCUT2D eigenvalue weighted by molar-refractivity contribution is 6.19. The lowest BCUT2D eigenvalue weighted by Gasteiger charge is -2.12. The van der Waals surface area contributed by atoms with Gasteiger partial charge in [-0.25, -0.2) is 0 Å². The highest BCUT2D eigenvalue weighted by Gasteiger charge is 2.21. The van der Waals surface area contributed by atoms with E-state index in [1.54, 1.807) is 60.9 Å². The van der Waals surface area contributed by atoms with Gasteiger partial charge in [0.2, 0.25) is 0 Å². The van der Waals surface area contributed by atoms with Crippen LogP contribution in [0.3, 0.4) is 0 Å². The summed E-state index contributed by atoms with van der Waals surface area (Å²) in [4.78, 5) is 53.5. The standard InChI is InChI=1S/C38H50N10O4/c1-23(2)13-17-47-21-25(19-31(47)37(51)43-15-11-33(39)40)45-35(49)29-9-10-30(28-8-6-5-7-27(28)29)36(50)46-26-20-32(38(52)44-16-12-34(41)42)48(22-26)18-14-24(3)4/h5-10,19-24H,11-18H2,1-4H3,(H3,39,40)(H3,41,42)(H,43,51)(H,44,52)(H,45,49)(H,46,50). The third-order valence-corrected chi connectivity index (χ3v) is 8.44. The fourth-order valence-corrected chi connectivity index (χ4v) is 5.60. The molecular weight excluding hydrogens is 660 g/mol. The number of benzene rings is 2. The van der Waals surface area contributed by atoms with Crippen LogP contribution in [-0.4, -0.2) is 57.5 Å². The van der Waals surface area contributed by atoms with Gasteiger partial charge >= 0.3 is 0 Å². The Kier molecular flexibility index (Phi) is 13.3. The average Bonchev–Trinajstić information content (AvgIpc) is 3.68. The van der Waals surface area contributed by atoms with E-state index in [4.69, 9.17) is 22.3 Å². The molecule has 0 saturated carbocycles. The smallest absolute Gasteiger partial charge is 0.267 e. The molecule has 4 amide bonds. The predicted molar refractivity (Wildman–Crippen MR) is 205 cm³/mol. The van der Waals surface area contributed by atoms with E-state index in [-0.39, 0.29) is 49.4 Å². The van der Waals surface area contributed by atoms with Gasteiger partial charge in [0.25, 0.3) is 23.6 Å². The van der Waals surface area contributed by atoms with Crippen molar-refractivity contribution in [1.82, 2.24) is 19.8 Å². The molecule has 0 aliphatic rings. The SMILES string of the molecule is CC(C)CCn1cc(NC(=O)c2ccc(C(=O)Nc3cc(C(=O)NCCC(=N)N)n(CCC(C)C)c3)c3ccccc23)cc1C(=O)NCCC(=N)N. The summed E-state index contributed by atoms with van der Waals surface area (Å²) in [7, 11) is 0. The maximum absolute atomic E-state index is 13.7. The molecule has 4 aromatic rings. The monoisotopic (exact) mass is 710 g/mol. The van der Waals surface area contributed by atoms with E-state index in [2.05, 4.69) is 49.0 Å². The molecular formula is C38H50N10O4. The Bertz CT molecular complexity index is 1820. The van der Waals surface area contributed by atoms with Gasteiger partial charge in [-0.2, -0.15) is 0 Å². The molecule has 2 aromatic heterocycles. The molecule has 0 bridgehead atoms. The highest BCUT2D eigenvalue weighted by Crippen LogP contribution is 2.26. The van der Waals surface area contributed by atoms with Crippen LogP contribution in [0.15, 0.2) is 60.9 Å². The summed E-state index contributed by atoms with van der Waals surface area (Å²) < 4.78 is 3.61. The number of amides is 4. The second kappa shape index (κ2) is 17.8. The van der Waals surface area contributed by atoms with Crippen molar-refractivity contribution in [3.63, 3.8) is 0 Å². The summed E-state index contributed by atoms with van der Waals surface area (Å²) in [6.07, 6.45) is 5.57. The fraction of sp³-hybridized carbons (Fsp3) is 0.368. The Labute approximate surface area is 303 Å². The zero-order valence-electron chi connectivity index (χ0n) is 30.3. The third-order valence-electron chi connectivity index (χ3n) is 8.44. The van der Waals surface area contributed by atoms with Gasteiger partial charge in [0.1, 0.15) is 11.4 Å². The van der Waals surface area contributed by atoms with Gasteiger partial charge in [-0.1, -0.05) is 52.0 Å². The van der Waals surface area contributed by atoms with Crippen molar-refractivity contribution in [1.29, 1.82) is 10.8 Å². The second-order valence-corrected chi connectivity index (χ2v) is 13.7. The van der Waals surface area contributed by atoms with Crippen LogP contribution < -0.4 is 32.7 Å². The zero-order chi connectivity index (χ0) is 37.9. The molecule has 0 aliphatic carbocycles. The molecule has 0 spiro atoms. The molecule has 0 fully saturated rings. The van der Waals surface area contributed by atoms with Gasteiger partial charge in [-0.15, -0.1) is 0 Å². The van der Waals surface area contributed by atoms with Gasteiger partial charge in [0.05, 0.1) is 23.0 Å². The Hall–Kier alpha value is -5.92.